The summed E-state index contributed by atoms with van der Waals surface area (Å²) < 4.78 is 28.6. The molecule has 1 N–H and O–H groups in total. The minimum Gasteiger partial charge on any atom is -0.336 e. The zero-order valence-corrected chi connectivity index (χ0v) is 13.4. The van der Waals surface area contributed by atoms with Crippen molar-refractivity contribution in [1.82, 2.24) is 14.5 Å². The molecule has 0 aliphatic rings. The second kappa shape index (κ2) is 6.21. The Labute approximate surface area is 134 Å². The van der Waals surface area contributed by atoms with Gasteiger partial charge in [-0.25, -0.2) is 9.97 Å². The van der Waals surface area contributed by atoms with Crippen LogP contribution in [0, 0.1) is 0 Å². The number of rotatable bonds is 5. The molecule has 6 nitrogen and oxygen atoms in total. The molecule has 0 aliphatic heterocycles. The molecule has 0 saturated carbocycles. The van der Waals surface area contributed by atoms with Crippen LogP contribution in [0.1, 0.15) is 6.92 Å². The molecule has 0 atom stereocenters. The molecule has 2 heterocycles. The van der Waals surface area contributed by atoms with Crippen LogP contribution in [0.2, 0.25) is 0 Å². The minimum atomic E-state index is -3.72. The van der Waals surface area contributed by atoms with Gasteiger partial charge in [-0.2, -0.15) is 8.42 Å². The van der Waals surface area contributed by atoms with Crippen LogP contribution >= 0.6 is 0 Å². The first-order valence-electron chi connectivity index (χ1n) is 7.14. The summed E-state index contributed by atoms with van der Waals surface area (Å²) in [7, 11) is -3.72. The number of sulfonamides is 1. The van der Waals surface area contributed by atoms with Gasteiger partial charge in [0.2, 0.25) is 0 Å². The van der Waals surface area contributed by atoms with E-state index >= 15 is 0 Å². The number of hydrogen-bond donors (Lipinski definition) is 1. The second-order valence-electron chi connectivity index (χ2n) is 4.95. The molecule has 0 spiro atoms. The van der Waals surface area contributed by atoms with E-state index in [-0.39, 0.29) is 10.8 Å². The van der Waals surface area contributed by atoms with E-state index in [2.05, 4.69) is 14.7 Å². The second-order valence-corrected chi connectivity index (χ2v) is 6.58. The Balaban J connectivity index is 1.80. The zero-order chi connectivity index (χ0) is 16.3. The molecule has 0 aliphatic carbocycles. The summed E-state index contributed by atoms with van der Waals surface area (Å²) in [6.07, 6.45) is 4.61. The highest BCUT2D eigenvalue weighted by Gasteiger charge is 2.17. The third kappa shape index (κ3) is 3.40. The van der Waals surface area contributed by atoms with Crippen molar-refractivity contribution in [1.29, 1.82) is 0 Å². The van der Waals surface area contributed by atoms with Crippen molar-refractivity contribution in [2.24, 2.45) is 0 Å². The van der Waals surface area contributed by atoms with Crippen molar-refractivity contribution >= 4 is 15.8 Å². The van der Waals surface area contributed by atoms with Gasteiger partial charge in [0.1, 0.15) is 5.82 Å². The molecule has 1 aromatic carbocycles. The highest BCUT2D eigenvalue weighted by atomic mass is 32.2. The molecule has 0 radical (unpaired) electrons. The van der Waals surface area contributed by atoms with Crippen LogP contribution in [-0.4, -0.2) is 23.0 Å². The maximum Gasteiger partial charge on any atom is 0.282 e. The fourth-order valence-electron chi connectivity index (χ4n) is 2.10. The van der Waals surface area contributed by atoms with E-state index in [1.54, 1.807) is 16.8 Å². The van der Waals surface area contributed by atoms with E-state index in [0.717, 1.165) is 11.1 Å². The number of nitrogens with zero attached hydrogens (tertiary/aromatic N) is 3. The van der Waals surface area contributed by atoms with E-state index in [9.17, 15) is 8.42 Å². The standard InChI is InChI=1S/C16H16N4O2S/c1-2-20-11-16(18-12-20)23(21,22)19-15-9-8-14(10-17-15)13-6-4-3-5-7-13/h3-12H,2H2,1H3,(H,17,19). The lowest BCUT2D eigenvalue weighted by Gasteiger charge is -2.06. The normalized spacial score (nSPS) is 11.3. The van der Waals surface area contributed by atoms with Crippen LogP contribution < -0.4 is 4.72 Å². The first-order valence-corrected chi connectivity index (χ1v) is 8.63. The molecule has 7 heteroatoms. The molecular formula is C16H16N4O2S. The number of nitrogens with one attached hydrogen (secondary N) is 1. The molecule has 0 bridgehead atoms. The summed E-state index contributed by atoms with van der Waals surface area (Å²) in [6, 6.07) is 13.2. The molecule has 0 unspecified atom stereocenters. The zero-order valence-electron chi connectivity index (χ0n) is 12.5. The number of hydrogen-bond acceptors (Lipinski definition) is 4. The molecule has 3 rings (SSSR count). The molecular weight excluding hydrogens is 312 g/mol. The number of imidazole rings is 1. The maximum atomic E-state index is 12.3. The van der Waals surface area contributed by atoms with Gasteiger partial charge in [-0.1, -0.05) is 30.3 Å². The summed E-state index contributed by atoms with van der Waals surface area (Å²) >= 11 is 0. The Morgan fingerprint density at radius 3 is 2.43 bits per heavy atom. The molecule has 0 fully saturated rings. The van der Waals surface area contributed by atoms with Crippen molar-refractivity contribution in [3.63, 3.8) is 0 Å². The van der Waals surface area contributed by atoms with Crippen LogP contribution in [-0.2, 0) is 16.6 Å². The van der Waals surface area contributed by atoms with E-state index in [0.29, 0.717) is 6.54 Å². The van der Waals surface area contributed by atoms with Crippen LogP contribution in [0.4, 0.5) is 5.82 Å². The fourth-order valence-corrected chi connectivity index (χ4v) is 3.06. The van der Waals surface area contributed by atoms with E-state index in [1.807, 2.05) is 43.3 Å². The third-order valence-corrected chi connectivity index (χ3v) is 4.60. The molecule has 23 heavy (non-hydrogen) atoms. The Morgan fingerprint density at radius 1 is 1.04 bits per heavy atom. The third-order valence-electron chi connectivity index (χ3n) is 3.36. The lowest BCUT2D eigenvalue weighted by molar-refractivity contribution is 0.598. The van der Waals surface area contributed by atoms with Crippen LogP contribution in [0.5, 0.6) is 0 Å². The van der Waals surface area contributed by atoms with Gasteiger partial charge < -0.3 is 4.57 Å². The first-order chi connectivity index (χ1) is 11.1. The molecule has 118 valence electrons. The quantitative estimate of drug-likeness (QED) is 0.781. The smallest absolute Gasteiger partial charge is 0.282 e. The summed E-state index contributed by atoms with van der Waals surface area (Å²) in [5.74, 6) is 0.260. The monoisotopic (exact) mass is 328 g/mol. The van der Waals surface area contributed by atoms with Crippen molar-refractivity contribution < 1.29 is 8.42 Å². The van der Waals surface area contributed by atoms with E-state index in [4.69, 9.17) is 0 Å². The van der Waals surface area contributed by atoms with E-state index < -0.39 is 10.0 Å². The van der Waals surface area contributed by atoms with Gasteiger partial charge >= 0.3 is 0 Å². The van der Waals surface area contributed by atoms with Gasteiger partial charge in [0.05, 0.1) is 6.33 Å². The summed E-state index contributed by atoms with van der Waals surface area (Å²) in [4.78, 5) is 8.07. The van der Waals surface area contributed by atoms with Gasteiger partial charge in [0, 0.05) is 24.5 Å². The maximum absolute atomic E-state index is 12.3. The van der Waals surface area contributed by atoms with Crippen LogP contribution in [0.3, 0.4) is 0 Å². The molecule has 3 aromatic rings. The minimum absolute atomic E-state index is 0.0201. The highest BCUT2D eigenvalue weighted by Crippen LogP contribution is 2.20. The van der Waals surface area contributed by atoms with Crippen molar-refractivity contribution in [3.8, 4) is 11.1 Å². The Hall–Kier alpha value is -2.67. The van der Waals surface area contributed by atoms with Crippen LogP contribution in [0.15, 0.2) is 66.2 Å². The van der Waals surface area contributed by atoms with E-state index in [1.165, 1.54) is 12.5 Å². The number of aryl methyl sites for hydroxylation is 1. The van der Waals surface area contributed by atoms with Gasteiger partial charge in [-0.15, -0.1) is 0 Å². The largest absolute Gasteiger partial charge is 0.336 e. The van der Waals surface area contributed by atoms with Crippen LogP contribution in [0.25, 0.3) is 11.1 Å². The lowest BCUT2D eigenvalue weighted by Crippen LogP contribution is -2.14. The van der Waals surface area contributed by atoms with Gasteiger partial charge in [0.15, 0.2) is 5.03 Å². The summed E-state index contributed by atoms with van der Waals surface area (Å²) in [6.45, 7) is 2.57. The number of anilines is 1. The fraction of sp³-hybridized carbons (Fsp3) is 0.125. The predicted octanol–water partition coefficient (Wildman–Crippen LogP) is 2.77. The number of pyridine rings is 1. The number of aromatic nitrogens is 3. The Morgan fingerprint density at radius 2 is 1.83 bits per heavy atom. The summed E-state index contributed by atoms with van der Waals surface area (Å²) in [5, 5.41) is -0.0201. The Bertz CT molecular complexity index is 887. The average molecular weight is 328 g/mol. The Kier molecular flexibility index (Phi) is 4.12. The van der Waals surface area contributed by atoms with Crippen molar-refractivity contribution in [2.45, 2.75) is 18.5 Å². The first kappa shape index (κ1) is 15.2. The number of benzene rings is 1. The highest BCUT2D eigenvalue weighted by molar-refractivity contribution is 7.92. The van der Waals surface area contributed by atoms with Gasteiger partial charge in [0.25, 0.3) is 10.0 Å². The van der Waals surface area contributed by atoms with Gasteiger partial charge in [-0.05, 0) is 24.6 Å². The SMILES string of the molecule is CCn1cnc(S(=O)(=O)Nc2ccc(-c3ccccc3)cn2)c1. The van der Waals surface area contributed by atoms with Crippen molar-refractivity contribution in [2.75, 3.05) is 4.72 Å². The summed E-state index contributed by atoms with van der Waals surface area (Å²) in [5.41, 5.74) is 1.94. The van der Waals surface area contributed by atoms with Crippen molar-refractivity contribution in [3.05, 3.63) is 61.2 Å². The van der Waals surface area contributed by atoms with Gasteiger partial charge in [-0.3, -0.25) is 4.72 Å². The average Bonchev–Trinajstić information content (AvgIpc) is 3.06. The lowest BCUT2D eigenvalue weighted by atomic mass is 10.1. The molecule has 0 saturated heterocycles. The molecule has 0 amide bonds. The topological polar surface area (TPSA) is 76.9 Å². The molecule has 2 aromatic heterocycles. The predicted molar refractivity (Wildman–Crippen MR) is 88.4 cm³/mol.